The molecule has 4 nitrogen and oxygen atoms in total. The minimum absolute atomic E-state index is 0.202. The van der Waals surface area contributed by atoms with E-state index in [0.717, 1.165) is 32.7 Å². The van der Waals surface area contributed by atoms with Crippen molar-refractivity contribution in [3.05, 3.63) is 0 Å². The van der Waals surface area contributed by atoms with Crippen LogP contribution in [0.3, 0.4) is 0 Å². The molecule has 1 aliphatic rings. The summed E-state index contributed by atoms with van der Waals surface area (Å²) >= 11 is 0. The maximum atomic E-state index is 9.66. The number of piperazine rings is 1. The molecule has 1 aliphatic heterocycles. The van der Waals surface area contributed by atoms with Gasteiger partial charge in [-0.05, 0) is 13.8 Å². The van der Waals surface area contributed by atoms with Crippen LogP contribution in [0.25, 0.3) is 0 Å². The molecule has 0 aromatic rings. The molecule has 0 unspecified atom stereocenters. The van der Waals surface area contributed by atoms with E-state index >= 15 is 0 Å². The van der Waals surface area contributed by atoms with Gasteiger partial charge in [0.1, 0.15) is 0 Å². The molecule has 1 saturated heterocycles. The Balaban J connectivity index is 2.09. The van der Waals surface area contributed by atoms with E-state index in [0.29, 0.717) is 6.61 Å². The second-order valence-electron chi connectivity index (χ2n) is 4.09. The summed E-state index contributed by atoms with van der Waals surface area (Å²) in [4.78, 5) is 2.27. The molecule has 0 bridgehead atoms. The quantitative estimate of drug-likeness (QED) is 0.641. The summed E-state index contributed by atoms with van der Waals surface area (Å²) in [6, 6.07) is 0. The molecule has 0 amide bonds. The van der Waals surface area contributed by atoms with Crippen molar-refractivity contribution < 1.29 is 9.84 Å². The van der Waals surface area contributed by atoms with Gasteiger partial charge in [-0.3, -0.25) is 4.90 Å². The van der Waals surface area contributed by atoms with Gasteiger partial charge < -0.3 is 15.2 Å². The van der Waals surface area contributed by atoms with Crippen LogP contribution >= 0.6 is 0 Å². The maximum Gasteiger partial charge on any atom is 0.0900 e. The van der Waals surface area contributed by atoms with Crippen molar-refractivity contribution in [2.45, 2.75) is 26.1 Å². The van der Waals surface area contributed by atoms with Crippen LogP contribution in [0.4, 0.5) is 0 Å². The molecule has 0 aromatic heterocycles. The molecule has 84 valence electrons. The highest BCUT2D eigenvalue weighted by molar-refractivity contribution is 4.70. The van der Waals surface area contributed by atoms with Crippen LogP contribution in [0.2, 0.25) is 0 Å². The predicted molar refractivity (Wildman–Crippen MR) is 56.4 cm³/mol. The molecule has 2 N–H and O–H groups in total. The normalized spacial score (nSPS) is 21.4. The first kappa shape index (κ1) is 11.9. The number of ether oxygens (including phenoxy) is 1. The lowest BCUT2D eigenvalue weighted by Crippen LogP contribution is -2.47. The van der Waals surface area contributed by atoms with E-state index in [1.165, 1.54) is 0 Å². The standard InChI is InChI=1S/C10H22N2O2/c1-9(2)14-8-10(13)7-12-5-3-11-4-6-12/h9-11,13H,3-8H2,1-2H3/t10-/m1/s1. The van der Waals surface area contributed by atoms with Crippen molar-refractivity contribution in [3.8, 4) is 0 Å². The third-order valence-corrected chi connectivity index (χ3v) is 2.30. The van der Waals surface area contributed by atoms with Gasteiger partial charge >= 0.3 is 0 Å². The highest BCUT2D eigenvalue weighted by Gasteiger charge is 2.14. The lowest BCUT2D eigenvalue weighted by molar-refractivity contribution is -0.00967. The minimum Gasteiger partial charge on any atom is -0.389 e. The summed E-state index contributed by atoms with van der Waals surface area (Å²) in [5, 5.41) is 12.9. The van der Waals surface area contributed by atoms with Gasteiger partial charge in [-0.15, -0.1) is 0 Å². The number of hydrogen-bond acceptors (Lipinski definition) is 4. The Morgan fingerprint density at radius 3 is 2.57 bits per heavy atom. The molecule has 14 heavy (non-hydrogen) atoms. The smallest absolute Gasteiger partial charge is 0.0900 e. The Bertz CT molecular complexity index is 147. The fraction of sp³-hybridized carbons (Fsp3) is 1.00. The summed E-state index contributed by atoms with van der Waals surface area (Å²) in [6.07, 6.45) is -0.150. The van der Waals surface area contributed by atoms with Gasteiger partial charge in [-0.25, -0.2) is 0 Å². The van der Waals surface area contributed by atoms with E-state index < -0.39 is 0 Å². The van der Waals surface area contributed by atoms with Crippen molar-refractivity contribution in [2.24, 2.45) is 0 Å². The van der Waals surface area contributed by atoms with E-state index in [1.807, 2.05) is 13.8 Å². The molecule has 1 heterocycles. The lowest BCUT2D eigenvalue weighted by atomic mass is 10.3. The fourth-order valence-corrected chi connectivity index (χ4v) is 1.55. The number of aliphatic hydroxyl groups is 1. The van der Waals surface area contributed by atoms with Gasteiger partial charge in [0, 0.05) is 32.7 Å². The molecular weight excluding hydrogens is 180 g/mol. The van der Waals surface area contributed by atoms with Gasteiger partial charge in [-0.2, -0.15) is 0 Å². The van der Waals surface area contributed by atoms with Gasteiger partial charge in [0.15, 0.2) is 0 Å². The first-order valence-electron chi connectivity index (χ1n) is 5.41. The average molecular weight is 202 g/mol. The summed E-state index contributed by atoms with van der Waals surface area (Å²) in [7, 11) is 0. The van der Waals surface area contributed by atoms with Crippen LogP contribution in [-0.4, -0.2) is 61.5 Å². The lowest BCUT2D eigenvalue weighted by Gasteiger charge is -2.29. The molecule has 1 atom stereocenters. The highest BCUT2D eigenvalue weighted by Crippen LogP contribution is 1.97. The summed E-state index contributed by atoms with van der Waals surface area (Å²) in [5.41, 5.74) is 0. The van der Waals surface area contributed by atoms with Crippen molar-refractivity contribution >= 4 is 0 Å². The Kier molecular flexibility index (Phi) is 5.40. The zero-order valence-corrected chi connectivity index (χ0v) is 9.20. The molecule has 0 aromatic carbocycles. The maximum absolute atomic E-state index is 9.66. The van der Waals surface area contributed by atoms with E-state index in [1.54, 1.807) is 0 Å². The van der Waals surface area contributed by atoms with Crippen LogP contribution in [0.1, 0.15) is 13.8 Å². The number of nitrogens with zero attached hydrogens (tertiary/aromatic N) is 1. The summed E-state index contributed by atoms with van der Waals surface area (Å²) in [6.45, 7) is 9.25. The summed E-state index contributed by atoms with van der Waals surface area (Å²) < 4.78 is 5.35. The number of hydrogen-bond donors (Lipinski definition) is 2. The van der Waals surface area contributed by atoms with Crippen LogP contribution in [0.5, 0.6) is 0 Å². The molecular formula is C10H22N2O2. The van der Waals surface area contributed by atoms with E-state index in [9.17, 15) is 5.11 Å². The summed E-state index contributed by atoms with van der Waals surface area (Å²) in [5.74, 6) is 0. The number of β-amino-alcohol motifs (C(OH)–C–C–N with tert-alkyl or cyclic N) is 1. The van der Waals surface area contributed by atoms with Crippen LogP contribution in [-0.2, 0) is 4.74 Å². The van der Waals surface area contributed by atoms with Crippen molar-refractivity contribution in [1.82, 2.24) is 10.2 Å². The largest absolute Gasteiger partial charge is 0.389 e. The molecule has 1 rings (SSSR count). The second-order valence-corrected chi connectivity index (χ2v) is 4.09. The monoisotopic (exact) mass is 202 g/mol. The van der Waals surface area contributed by atoms with Crippen LogP contribution in [0, 0.1) is 0 Å². The molecule has 4 heteroatoms. The zero-order valence-electron chi connectivity index (χ0n) is 9.20. The first-order chi connectivity index (χ1) is 6.68. The number of rotatable bonds is 5. The molecule has 0 radical (unpaired) electrons. The van der Waals surface area contributed by atoms with Gasteiger partial charge in [0.05, 0.1) is 18.8 Å². The Morgan fingerprint density at radius 2 is 2.00 bits per heavy atom. The van der Waals surface area contributed by atoms with Gasteiger partial charge in [-0.1, -0.05) is 0 Å². The molecule has 1 fully saturated rings. The second kappa shape index (κ2) is 6.35. The van der Waals surface area contributed by atoms with Gasteiger partial charge in [0.2, 0.25) is 0 Å². The highest BCUT2D eigenvalue weighted by atomic mass is 16.5. The van der Waals surface area contributed by atoms with E-state index in [-0.39, 0.29) is 12.2 Å². The fourth-order valence-electron chi connectivity index (χ4n) is 1.55. The first-order valence-corrected chi connectivity index (χ1v) is 5.41. The zero-order chi connectivity index (χ0) is 10.4. The number of aliphatic hydroxyl groups excluding tert-OH is 1. The molecule has 0 spiro atoms. The number of nitrogens with one attached hydrogen (secondary N) is 1. The molecule has 0 aliphatic carbocycles. The average Bonchev–Trinajstić information content (AvgIpc) is 2.16. The van der Waals surface area contributed by atoms with Crippen molar-refractivity contribution in [3.63, 3.8) is 0 Å². The van der Waals surface area contributed by atoms with Gasteiger partial charge in [0.25, 0.3) is 0 Å². The van der Waals surface area contributed by atoms with E-state index in [4.69, 9.17) is 4.74 Å². The van der Waals surface area contributed by atoms with E-state index in [2.05, 4.69) is 10.2 Å². The van der Waals surface area contributed by atoms with Crippen molar-refractivity contribution in [1.29, 1.82) is 0 Å². The van der Waals surface area contributed by atoms with Crippen LogP contribution in [0.15, 0.2) is 0 Å². The topological polar surface area (TPSA) is 44.7 Å². The molecule has 0 saturated carbocycles. The Hall–Kier alpha value is -0.160. The predicted octanol–water partition coefficient (Wildman–Crippen LogP) is -0.322. The SMILES string of the molecule is CC(C)OC[C@H](O)CN1CCNCC1. The Labute approximate surface area is 86.2 Å². The third kappa shape index (κ3) is 4.91. The third-order valence-electron chi connectivity index (χ3n) is 2.30. The Morgan fingerprint density at radius 1 is 1.36 bits per heavy atom. The van der Waals surface area contributed by atoms with Crippen LogP contribution < -0.4 is 5.32 Å². The van der Waals surface area contributed by atoms with Crippen molar-refractivity contribution in [2.75, 3.05) is 39.3 Å². The minimum atomic E-state index is -0.351.